The number of carbonyl (C=O) groups excluding carboxylic acids is 1. The minimum atomic E-state index is -3.76. The molecule has 0 bridgehead atoms. The predicted octanol–water partition coefficient (Wildman–Crippen LogP) is 0.926. The van der Waals surface area contributed by atoms with E-state index in [0.717, 1.165) is 0 Å². The molecule has 4 N–H and O–H groups in total. The number of nitrogens with zero attached hydrogens (tertiary/aromatic N) is 1. The summed E-state index contributed by atoms with van der Waals surface area (Å²) in [6.07, 6.45) is 1.43. The Labute approximate surface area is 116 Å². The van der Waals surface area contributed by atoms with E-state index in [1.165, 1.54) is 18.3 Å². The van der Waals surface area contributed by atoms with Crippen LogP contribution in [0.5, 0.6) is 0 Å². The van der Waals surface area contributed by atoms with Crippen LogP contribution < -0.4 is 10.5 Å². The number of hydrogen-bond acceptors (Lipinski definition) is 4. The van der Waals surface area contributed by atoms with Gasteiger partial charge in [0.2, 0.25) is 10.0 Å². The second-order valence-corrected chi connectivity index (χ2v) is 5.92. The van der Waals surface area contributed by atoms with Crippen molar-refractivity contribution in [3.05, 3.63) is 41.2 Å². The number of aromatic nitrogens is 2. The molecule has 2 aromatic rings. The van der Waals surface area contributed by atoms with Crippen molar-refractivity contribution in [2.24, 2.45) is 5.14 Å². The maximum Gasteiger partial charge on any atom is 0.259 e. The van der Waals surface area contributed by atoms with Gasteiger partial charge < -0.3 is 5.32 Å². The second kappa shape index (κ2) is 5.06. The van der Waals surface area contributed by atoms with E-state index in [4.69, 9.17) is 5.14 Å². The molecule has 1 heterocycles. The molecule has 0 fully saturated rings. The topological polar surface area (TPSA) is 118 Å². The molecule has 1 aromatic carbocycles. The number of amides is 1. The van der Waals surface area contributed by atoms with E-state index < -0.39 is 10.0 Å². The number of benzene rings is 1. The molecule has 0 aliphatic heterocycles. The molecule has 0 aliphatic carbocycles. The fourth-order valence-electron chi connectivity index (χ4n) is 1.82. The molecular weight excluding hydrogens is 280 g/mol. The number of sulfonamides is 1. The standard InChI is InChI=1S/C12H14N4O3S/c1-7-5-9(3-4-11(7)20(13,18)19)15-12(17)10-6-14-16-8(10)2/h3-6H,1-2H3,(H,14,16)(H,15,17)(H2,13,18,19). The van der Waals surface area contributed by atoms with Crippen molar-refractivity contribution < 1.29 is 13.2 Å². The number of aromatic amines is 1. The molecule has 8 heteroatoms. The van der Waals surface area contributed by atoms with E-state index >= 15 is 0 Å². The Kier molecular flexibility index (Phi) is 3.60. The van der Waals surface area contributed by atoms with E-state index in [9.17, 15) is 13.2 Å². The van der Waals surface area contributed by atoms with Gasteiger partial charge in [0.15, 0.2) is 0 Å². The van der Waals surface area contributed by atoms with Crippen molar-refractivity contribution in [2.75, 3.05) is 5.32 Å². The van der Waals surface area contributed by atoms with Crippen molar-refractivity contribution in [2.45, 2.75) is 18.7 Å². The Bertz CT molecular complexity index is 765. The zero-order valence-corrected chi connectivity index (χ0v) is 11.8. The van der Waals surface area contributed by atoms with Crippen LogP contribution in [0.2, 0.25) is 0 Å². The van der Waals surface area contributed by atoms with Crippen LogP contribution in [0.4, 0.5) is 5.69 Å². The number of nitrogens with two attached hydrogens (primary N) is 1. The van der Waals surface area contributed by atoms with Gasteiger partial charge in [-0.25, -0.2) is 13.6 Å². The second-order valence-electron chi connectivity index (χ2n) is 4.39. The van der Waals surface area contributed by atoms with Crippen LogP contribution in [0.3, 0.4) is 0 Å². The molecule has 20 heavy (non-hydrogen) atoms. The number of anilines is 1. The van der Waals surface area contributed by atoms with Gasteiger partial charge in [0, 0.05) is 11.4 Å². The lowest BCUT2D eigenvalue weighted by molar-refractivity contribution is 0.102. The van der Waals surface area contributed by atoms with Gasteiger partial charge in [-0.3, -0.25) is 9.89 Å². The number of hydrogen-bond donors (Lipinski definition) is 3. The van der Waals surface area contributed by atoms with Crippen LogP contribution in [-0.4, -0.2) is 24.5 Å². The lowest BCUT2D eigenvalue weighted by Gasteiger charge is -2.08. The summed E-state index contributed by atoms with van der Waals surface area (Å²) in [6.45, 7) is 3.34. The van der Waals surface area contributed by atoms with Gasteiger partial charge in [-0.1, -0.05) is 0 Å². The summed E-state index contributed by atoms with van der Waals surface area (Å²) in [6, 6.07) is 4.40. The van der Waals surface area contributed by atoms with Crippen LogP contribution in [-0.2, 0) is 10.0 Å². The van der Waals surface area contributed by atoms with Crippen molar-refractivity contribution >= 4 is 21.6 Å². The van der Waals surface area contributed by atoms with E-state index in [2.05, 4.69) is 15.5 Å². The third-order valence-corrected chi connectivity index (χ3v) is 3.88. The maximum atomic E-state index is 12.0. The highest BCUT2D eigenvalue weighted by Gasteiger charge is 2.14. The number of nitrogens with one attached hydrogen (secondary N) is 2. The highest BCUT2D eigenvalue weighted by atomic mass is 32.2. The lowest BCUT2D eigenvalue weighted by atomic mass is 10.2. The number of rotatable bonds is 3. The van der Waals surface area contributed by atoms with E-state index in [1.807, 2.05) is 0 Å². The Hall–Kier alpha value is -2.19. The minimum absolute atomic E-state index is 0.0370. The van der Waals surface area contributed by atoms with Crippen molar-refractivity contribution in [3.63, 3.8) is 0 Å². The van der Waals surface area contributed by atoms with E-state index in [-0.39, 0.29) is 10.8 Å². The molecule has 0 saturated heterocycles. The summed E-state index contributed by atoms with van der Waals surface area (Å²) in [5.74, 6) is -0.320. The van der Waals surface area contributed by atoms with Gasteiger partial charge >= 0.3 is 0 Å². The predicted molar refractivity (Wildman–Crippen MR) is 73.8 cm³/mol. The molecule has 0 saturated carbocycles. The lowest BCUT2D eigenvalue weighted by Crippen LogP contribution is -2.15. The first kappa shape index (κ1) is 14.2. The molecule has 1 amide bonds. The smallest absolute Gasteiger partial charge is 0.259 e. The van der Waals surface area contributed by atoms with Crippen LogP contribution in [0, 0.1) is 13.8 Å². The SMILES string of the molecule is Cc1cc(NC(=O)c2cn[nH]c2C)ccc1S(N)(=O)=O. The fraction of sp³-hybridized carbons (Fsp3) is 0.167. The molecular formula is C12H14N4O3S. The van der Waals surface area contributed by atoms with Gasteiger partial charge in [0.1, 0.15) is 0 Å². The van der Waals surface area contributed by atoms with Crippen molar-refractivity contribution in [1.82, 2.24) is 10.2 Å². The van der Waals surface area contributed by atoms with Crippen molar-refractivity contribution in [3.8, 4) is 0 Å². The zero-order chi connectivity index (χ0) is 14.9. The van der Waals surface area contributed by atoms with Gasteiger partial charge in [-0.2, -0.15) is 5.10 Å². The molecule has 0 radical (unpaired) electrons. The summed E-state index contributed by atoms with van der Waals surface area (Å²) in [5.41, 5.74) is 2.04. The molecule has 2 rings (SSSR count). The number of aryl methyl sites for hydroxylation is 2. The monoisotopic (exact) mass is 294 g/mol. The number of H-pyrrole nitrogens is 1. The third-order valence-electron chi connectivity index (χ3n) is 2.81. The molecule has 0 aliphatic rings. The molecule has 106 valence electrons. The van der Waals surface area contributed by atoms with E-state index in [0.29, 0.717) is 22.5 Å². The van der Waals surface area contributed by atoms with Crippen LogP contribution in [0.15, 0.2) is 29.3 Å². The minimum Gasteiger partial charge on any atom is -0.322 e. The summed E-state index contributed by atoms with van der Waals surface area (Å²) < 4.78 is 22.6. The summed E-state index contributed by atoms with van der Waals surface area (Å²) in [4.78, 5) is 12.0. The quantitative estimate of drug-likeness (QED) is 0.780. The van der Waals surface area contributed by atoms with Crippen LogP contribution in [0.25, 0.3) is 0 Å². The average Bonchev–Trinajstić information content (AvgIpc) is 2.73. The van der Waals surface area contributed by atoms with Gasteiger partial charge in [-0.05, 0) is 37.6 Å². The highest BCUT2D eigenvalue weighted by molar-refractivity contribution is 7.89. The number of primary sulfonamides is 1. The van der Waals surface area contributed by atoms with Gasteiger partial charge in [0.05, 0.1) is 16.7 Å². The van der Waals surface area contributed by atoms with Crippen LogP contribution >= 0.6 is 0 Å². The normalized spacial score (nSPS) is 11.3. The first-order valence-electron chi connectivity index (χ1n) is 5.74. The summed E-state index contributed by atoms with van der Waals surface area (Å²) >= 11 is 0. The maximum absolute atomic E-state index is 12.0. The van der Waals surface area contributed by atoms with Crippen LogP contribution in [0.1, 0.15) is 21.6 Å². The Balaban J connectivity index is 2.26. The fourth-order valence-corrected chi connectivity index (χ4v) is 2.59. The van der Waals surface area contributed by atoms with Gasteiger partial charge in [-0.15, -0.1) is 0 Å². The van der Waals surface area contributed by atoms with Gasteiger partial charge in [0.25, 0.3) is 5.91 Å². The number of carbonyl (C=O) groups is 1. The highest BCUT2D eigenvalue weighted by Crippen LogP contribution is 2.19. The molecule has 0 spiro atoms. The Morgan fingerprint density at radius 3 is 2.55 bits per heavy atom. The molecule has 1 aromatic heterocycles. The summed E-state index contributed by atoms with van der Waals surface area (Å²) in [5, 5.41) is 14.2. The van der Waals surface area contributed by atoms with E-state index in [1.54, 1.807) is 19.9 Å². The molecule has 0 unspecified atom stereocenters. The first-order chi connectivity index (χ1) is 9.29. The molecule has 0 atom stereocenters. The third kappa shape index (κ3) is 2.86. The molecule has 7 nitrogen and oxygen atoms in total. The zero-order valence-electron chi connectivity index (χ0n) is 11.0. The Morgan fingerprint density at radius 1 is 1.35 bits per heavy atom. The van der Waals surface area contributed by atoms with Crippen molar-refractivity contribution in [1.29, 1.82) is 0 Å². The summed E-state index contributed by atoms with van der Waals surface area (Å²) in [7, 11) is -3.76. The largest absolute Gasteiger partial charge is 0.322 e. The average molecular weight is 294 g/mol. The first-order valence-corrected chi connectivity index (χ1v) is 7.28. The Morgan fingerprint density at radius 2 is 2.05 bits per heavy atom.